The van der Waals surface area contributed by atoms with E-state index in [1.165, 1.54) is 0 Å². The molecule has 1 heterocycles. The summed E-state index contributed by atoms with van der Waals surface area (Å²) in [5.74, 6) is 0.890. The minimum atomic E-state index is 0. The molecule has 1 rings (SSSR count). The van der Waals surface area contributed by atoms with E-state index < -0.39 is 0 Å². The van der Waals surface area contributed by atoms with Crippen molar-refractivity contribution in [3.05, 3.63) is 12.2 Å². The molecule has 1 saturated heterocycles. The summed E-state index contributed by atoms with van der Waals surface area (Å²) < 4.78 is 11.0. The largest absolute Gasteiger partial charge is 0.379 e. The summed E-state index contributed by atoms with van der Waals surface area (Å²) in [6.45, 7) is 9.03. The summed E-state index contributed by atoms with van der Waals surface area (Å²) in [6.07, 6.45) is 7.50. The molecule has 0 aromatic carbocycles. The molecule has 1 aliphatic rings. The smallest absolute Gasteiger partial charge is 0.191 e. The third kappa shape index (κ3) is 11.0. The van der Waals surface area contributed by atoms with E-state index in [0.29, 0.717) is 6.10 Å². The average Bonchev–Trinajstić information content (AvgIpc) is 2.96. The van der Waals surface area contributed by atoms with Crippen molar-refractivity contribution in [2.24, 2.45) is 4.99 Å². The first-order chi connectivity index (χ1) is 9.86. The number of nitrogens with one attached hydrogen (secondary N) is 2. The molecule has 21 heavy (non-hydrogen) atoms. The molecular weight excluding hydrogens is 381 g/mol. The number of hydrogen-bond donors (Lipinski definition) is 2. The summed E-state index contributed by atoms with van der Waals surface area (Å²) in [5.41, 5.74) is 0. The number of hydrogen-bond acceptors (Lipinski definition) is 3. The Morgan fingerprint density at radius 1 is 1.43 bits per heavy atom. The molecule has 1 aliphatic heterocycles. The lowest BCUT2D eigenvalue weighted by molar-refractivity contribution is 0.0424. The third-order valence-corrected chi connectivity index (χ3v) is 3.00. The number of aliphatic imine (C=N–C) groups is 1. The fraction of sp³-hybridized carbons (Fsp3) is 0.800. The maximum Gasteiger partial charge on any atom is 0.191 e. The van der Waals surface area contributed by atoms with Crippen LogP contribution in [-0.4, -0.2) is 51.5 Å². The zero-order chi connectivity index (χ0) is 14.5. The first kappa shape index (κ1) is 20.7. The summed E-state index contributed by atoms with van der Waals surface area (Å²) in [6, 6.07) is 0. The van der Waals surface area contributed by atoms with Crippen LogP contribution in [-0.2, 0) is 9.47 Å². The van der Waals surface area contributed by atoms with Crippen molar-refractivity contribution in [1.82, 2.24) is 10.6 Å². The first-order valence-corrected chi connectivity index (χ1v) is 7.69. The quantitative estimate of drug-likeness (QED) is 0.201. The monoisotopic (exact) mass is 411 g/mol. The predicted octanol–water partition coefficient (Wildman–Crippen LogP) is 2.32. The van der Waals surface area contributed by atoms with Crippen LogP contribution in [0.5, 0.6) is 0 Å². The zero-order valence-electron chi connectivity index (χ0n) is 13.3. The molecule has 0 radical (unpaired) electrons. The molecule has 0 aromatic heterocycles. The topological polar surface area (TPSA) is 54.9 Å². The van der Waals surface area contributed by atoms with E-state index in [2.05, 4.69) is 34.7 Å². The Hall–Kier alpha value is -0.340. The van der Waals surface area contributed by atoms with Gasteiger partial charge >= 0.3 is 0 Å². The lowest BCUT2D eigenvalue weighted by Crippen LogP contribution is -2.37. The maximum absolute atomic E-state index is 5.71. The minimum Gasteiger partial charge on any atom is -0.379 e. The van der Waals surface area contributed by atoms with Crippen LogP contribution >= 0.6 is 24.0 Å². The Labute approximate surface area is 146 Å². The second-order valence-corrected chi connectivity index (χ2v) is 4.76. The van der Waals surface area contributed by atoms with Gasteiger partial charge in [0.1, 0.15) is 0 Å². The lowest BCUT2D eigenvalue weighted by atomic mass is 10.3. The molecule has 0 aliphatic carbocycles. The van der Waals surface area contributed by atoms with Crippen LogP contribution in [0.15, 0.2) is 17.1 Å². The van der Waals surface area contributed by atoms with Crippen molar-refractivity contribution in [2.45, 2.75) is 39.2 Å². The van der Waals surface area contributed by atoms with Gasteiger partial charge in [-0.2, -0.15) is 0 Å². The molecule has 0 spiro atoms. The Kier molecular flexibility index (Phi) is 14.4. The number of guanidine groups is 1. The number of allylic oxidation sites excluding steroid dienone is 1. The molecule has 1 atom stereocenters. The van der Waals surface area contributed by atoms with Gasteiger partial charge in [0.25, 0.3) is 0 Å². The standard InChI is InChI=1S/C15H29N3O2.HI/c1-3-5-6-9-17-15(16-4-2)18-10-7-11-20-14-8-12-19-13-14;/h3,5,14H,4,6-13H2,1-2H3,(H2,16,17,18);1H/b5-3+;. The van der Waals surface area contributed by atoms with Crippen molar-refractivity contribution in [3.63, 3.8) is 0 Å². The van der Waals surface area contributed by atoms with E-state index in [-0.39, 0.29) is 24.0 Å². The van der Waals surface area contributed by atoms with Crippen molar-refractivity contribution in [2.75, 3.05) is 39.5 Å². The van der Waals surface area contributed by atoms with Gasteiger partial charge in [0, 0.05) is 32.8 Å². The predicted molar refractivity (Wildman–Crippen MR) is 98.6 cm³/mol. The molecule has 0 bridgehead atoms. The van der Waals surface area contributed by atoms with Gasteiger partial charge in [-0.25, -0.2) is 0 Å². The second kappa shape index (κ2) is 14.6. The van der Waals surface area contributed by atoms with Crippen LogP contribution in [0.25, 0.3) is 0 Å². The maximum atomic E-state index is 5.71. The van der Waals surface area contributed by atoms with Crippen LogP contribution < -0.4 is 10.6 Å². The van der Waals surface area contributed by atoms with E-state index in [1.807, 2.05) is 6.92 Å². The van der Waals surface area contributed by atoms with Gasteiger partial charge < -0.3 is 20.1 Å². The van der Waals surface area contributed by atoms with E-state index in [4.69, 9.17) is 9.47 Å². The normalized spacial score (nSPS) is 18.8. The van der Waals surface area contributed by atoms with Crippen molar-refractivity contribution in [1.29, 1.82) is 0 Å². The molecule has 1 fully saturated rings. The van der Waals surface area contributed by atoms with Gasteiger partial charge in [-0.15, -0.1) is 24.0 Å². The van der Waals surface area contributed by atoms with E-state index in [0.717, 1.165) is 64.7 Å². The highest BCUT2D eigenvalue weighted by molar-refractivity contribution is 14.0. The van der Waals surface area contributed by atoms with E-state index in [1.54, 1.807) is 0 Å². The molecule has 0 aromatic rings. The summed E-state index contributed by atoms with van der Waals surface area (Å²) >= 11 is 0. The zero-order valence-corrected chi connectivity index (χ0v) is 15.6. The Morgan fingerprint density at radius 3 is 2.95 bits per heavy atom. The van der Waals surface area contributed by atoms with Crippen LogP contribution in [0.4, 0.5) is 0 Å². The molecule has 0 saturated carbocycles. The van der Waals surface area contributed by atoms with Crippen molar-refractivity contribution in [3.8, 4) is 0 Å². The molecule has 6 heteroatoms. The second-order valence-electron chi connectivity index (χ2n) is 4.76. The van der Waals surface area contributed by atoms with E-state index in [9.17, 15) is 0 Å². The van der Waals surface area contributed by atoms with E-state index >= 15 is 0 Å². The lowest BCUT2D eigenvalue weighted by Gasteiger charge is -2.11. The molecule has 1 unspecified atom stereocenters. The van der Waals surface area contributed by atoms with Gasteiger partial charge in [-0.1, -0.05) is 12.2 Å². The van der Waals surface area contributed by atoms with Crippen molar-refractivity contribution >= 4 is 29.9 Å². The number of halogens is 1. The van der Waals surface area contributed by atoms with Crippen LogP contribution in [0.2, 0.25) is 0 Å². The Bertz CT molecular complexity index is 293. The Morgan fingerprint density at radius 2 is 2.29 bits per heavy atom. The molecular formula is C15H30IN3O2. The fourth-order valence-corrected chi connectivity index (χ4v) is 1.93. The molecule has 124 valence electrons. The van der Waals surface area contributed by atoms with Crippen molar-refractivity contribution < 1.29 is 9.47 Å². The molecule has 0 amide bonds. The number of nitrogens with zero attached hydrogens (tertiary/aromatic N) is 1. The fourth-order valence-electron chi connectivity index (χ4n) is 1.93. The van der Waals surface area contributed by atoms with Gasteiger partial charge in [0.15, 0.2) is 5.96 Å². The number of rotatable bonds is 9. The summed E-state index contributed by atoms with van der Waals surface area (Å²) in [4.78, 5) is 4.53. The Balaban J connectivity index is 0.00000400. The third-order valence-electron chi connectivity index (χ3n) is 3.00. The first-order valence-electron chi connectivity index (χ1n) is 7.69. The minimum absolute atomic E-state index is 0. The van der Waals surface area contributed by atoms with Crippen LogP contribution in [0.3, 0.4) is 0 Å². The van der Waals surface area contributed by atoms with Gasteiger partial charge in [-0.3, -0.25) is 4.99 Å². The van der Waals surface area contributed by atoms with Crippen LogP contribution in [0, 0.1) is 0 Å². The van der Waals surface area contributed by atoms with Gasteiger partial charge in [0.2, 0.25) is 0 Å². The molecule has 2 N–H and O–H groups in total. The van der Waals surface area contributed by atoms with Gasteiger partial charge in [-0.05, 0) is 33.1 Å². The summed E-state index contributed by atoms with van der Waals surface area (Å²) in [7, 11) is 0. The highest BCUT2D eigenvalue weighted by atomic mass is 127. The SMILES string of the molecule is C/C=C/CCNC(=NCCCOC1CCOC1)NCC.I. The number of ether oxygens (including phenoxy) is 2. The summed E-state index contributed by atoms with van der Waals surface area (Å²) in [5, 5.41) is 6.56. The van der Waals surface area contributed by atoms with Gasteiger partial charge in [0.05, 0.1) is 12.7 Å². The highest BCUT2D eigenvalue weighted by Gasteiger charge is 2.15. The highest BCUT2D eigenvalue weighted by Crippen LogP contribution is 2.07. The average molecular weight is 411 g/mol. The van der Waals surface area contributed by atoms with Crippen LogP contribution in [0.1, 0.15) is 33.1 Å². The molecule has 5 nitrogen and oxygen atoms in total.